The van der Waals surface area contributed by atoms with Gasteiger partial charge in [0.2, 0.25) is 0 Å². The SMILES string of the molecule is CC(C)(C)c1ccc(NC(=O)c2ccc3cccnc3c2O)cc1. The maximum Gasteiger partial charge on any atom is 0.259 e. The van der Waals surface area contributed by atoms with Crippen LogP contribution in [-0.4, -0.2) is 16.0 Å². The van der Waals surface area contributed by atoms with E-state index in [1.807, 2.05) is 30.3 Å². The maximum absolute atomic E-state index is 12.5. The van der Waals surface area contributed by atoms with Gasteiger partial charge in [0.15, 0.2) is 5.75 Å². The van der Waals surface area contributed by atoms with E-state index in [4.69, 9.17) is 0 Å². The predicted molar refractivity (Wildman–Crippen MR) is 96.5 cm³/mol. The third kappa shape index (κ3) is 3.08. The molecule has 24 heavy (non-hydrogen) atoms. The lowest BCUT2D eigenvalue weighted by Crippen LogP contribution is -2.14. The minimum atomic E-state index is -0.358. The summed E-state index contributed by atoms with van der Waals surface area (Å²) in [4.78, 5) is 16.6. The second kappa shape index (κ2) is 5.96. The Hall–Kier alpha value is -2.88. The highest BCUT2D eigenvalue weighted by Crippen LogP contribution is 2.28. The predicted octanol–water partition coefficient (Wildman–Crippen LogP) is 4.49. The minimum Gasteiger partial charge on any atom is -0.505 e. The van der Waals surface area contributed by atoms with E-state index in [2.05, 4.69) is 31.1 Å². The summed E-state index contributed by atoms with van der Waals surface area (Å²) in [6.45, 7) is 6.42. The van der Waals surface area contributed by atoms with Gasteiger partial charge >= 0.3 is 0 Å². The van der Waals surface area contributed by atoms with Crippen molar-refractivity contribution >= 4 is 22.5 Å². The van der Waals surface area contributed by atoms with Gasteiger partial charge in [0.25, 0.3) is 5.91 Å². The summed E-state index contributed by atoms with van der Waals surface area (Å²) >= 11 is 0. The van der Waals surface area contributed by atoms with Gasteiger partial charge in [0, 0.05) is 17.3 Å². The summed E-state index contributed by atoms with van der Waals surface area (Å²) in [6, 6.07) is 14.8. The van der Waals surface area contributed by atoms with Gasteiger partial charge in [-0.05, 0) is 35.2 Å². The number of rotatable bonds is 2. The molecule has 0 bridgehead atoms. The lowest BCUT2D eigenvalue weighted by molar-refractivity contribution is 0.102. The van der Waals surface area contributed by atoms with Crippen LogP contribution in [0.1, 0.15) is 36.7 Å². The Bertz CT molecular complexity index is 894. The number of hydrogen-bond donors (Lipinski definition) is 2. The van der Waals surface area contributed by atoms with Crippen LogP contribution in [0.3, 0.4) is 0 Å². The highest BCUT2D eigenvalue weighted by atomic mass is 16.3. The summed E-state index contributed by atoms with van der Waals surface area (Å²) in [7, 11) is 0. The number of nitrogens with zero attached hydrogens (tertiary/aromatic N) is 1. The number of carbonyl (C=O) groups is 1. The number of phenolic OH excluding ortho intramolecular Hbond substituents is 1. The number of anilines is 1. The average molecular weight is 320 g/mol. The fraction of sp³-hybridized carbons (Fsp3) is 0.200. The van der Waals surface area contributed by atoms with E-state index >= 15 is 0 Å². The quantitative estimate of drug-likeness (QED) is 0.731. The van der Waals surface area contributed by atoms with Crippen LogP contribution in [0.2, 0.25) is 0 Å². The Morgan fingerprint density at radius 1 is 1.04 bits per heavy atom. The Kier molecular flexibility index (Phi) is 3.97. The molecule has 1 aromatic heterocycles. The van der Waals surface area contributed by atoms with Gasteiger partial charge < -0.3 is 10.4 Å². The molecule has 2 N–H and O–H groups in total. The molecule has 1 heterocycles. The van der Waals surface area contributed by atoms with Crippen molar-refractivity contribution in [3.05, 3.63) is 65.9 Å². The molecule has 4 nitrogen and oxygen atoms in total. The third-order valence-electron chi connectivity index (χ3n) is 4.00. The number of aromatic nitrogens is 1. The standard InChI is InChI=1S/C20H20N2O2/c1-20(2,3)14-7-9-15(10-8-14)22-19(24)16-11-6-13-5-4-12-21-17(13)18(16)23/h4-12,23H,1-3H3,(H,22,24). The van der Waals surface area contributed by atoms with Crippen molar-refractivity contribution in [2.75, 3.05) is 5.32 Å². The summed E-state index contributed by atoms with van der Waals surface area (Å²) in [5.74, 6) is -0.458. The molecule has 0 radical (unpaired) electrons. The molecule has 0 aliphatic carbocycles. The number of phenols is 1. The molecule has 2 aromatic carbocycles. The number of fused-ring (bicyclic) bond motifs is 1. The topological polar surface area (TPSA) is 62.2 Å². The van der Waals surface area contributed by atoms with Gasteiger partial charge in [-0.25, -0.2) is 0 Å². The van der Waals surface area contributed by atoms with Gasteiger partial charge in [0.05, 0.1) is 5.56 Å². The van der Waals surface area contributed by atoms with Crippen molar-refractivity contribution in [1.29, 1.82) is 0 Å². The Labute approximate surface area is 141 Å². The molecular weight excluding hydrogens is 300 g/mol. The Balaban J connectivity index is 1.86. The minimum absolute atomic E-state index is 0.0603. The van der Waals surface area contributed by atoms with Crippen LogP contribution >= 0.6 is 0 Å². The molecule has 0 atom stereocenters. The number of benzene rings is 2. The lowest BCUT2D eigenvalue weighted by atomic mass is 9.87. The molecule has 0 fully saturated rings. The molecule has 3 rings (SSSR count). The van der Waals surface area contributed by atoms with E-state index < -0.39 is 0 Å². The van der Waals surface area contributed by atoms with E-state index in [1.165, 1.54) is 5.56 Å². The molecule has 0 aliphatic rings. The smallest absolute Gasteiger partial charge is 0.259 e. The van der Waals surface area contributed by atoms with Gasteiger partial charge in [-0.2, -0.15) is 0 Å². The lowest BCUT2D eigenvalue weighted by Gasteiger charge is -2.19. The summed E-state index contributed by atoms with van der Waals surface area (Å²) in [6.07, 6.45) is 1.59. The molecule has 0 aliphatic heterocycles. The van der Waals surface area contributed by atoms with Crippen LogP contribution in [0.5, 0.6) is 5.75 Å². The highest BCUT2D eigenvalue weighted by molar-refractivity contribution is 6.09. The molecule has 1 amide bonds. The first-order chi connectivity index (χ1) is 11.4. The molecule has 3 aromatic rings. The first-order valence-corrected chi connectivity index (χ1v) is 7.85. The second-order valence-electron chi connectivity index (χ2n) is 6.82. The normalized spacial score (nSPS) is 11.5. The fourth-order valence-corrected chi connectivity index (χ4v) is 2.56. The molecule has 122 valence electrons. The highest BCUT2D eigenvalue weighted by Gasteiger charge is 2.16. The fourth-order valence-electron chi connectivity index (χ4n) is 2.56. The third-order valence-corrected chi connectivity index (χ3v) is 4.00. The van der Waals surface area contributed by atoms with Crippen molar-refractivity contribution in [2.24, 2.45) is 0 Å². The number of hydrogen-bond acceptors (Lipinski definition) is 3. The van der Waals surface area contributed by atoms with E-state index in [-0.39, 0.29) is 22.6 Å². The number of aromatic hydroxyl groups is 1. The van der Waals surface area contributed by atoms with Crippen molar-refractivity contribution in [3.8, 4) is 5.75 Å². The van der Waals surface area contributed by atoms with Crippen LogP contribution in [0.15, 0.2) is 54.7 Å². The van der Waals surface area contributed by atoms with Gasteiger partial charge in [0.1, 0.15) is 5.52 Å². The Morgan fingerprint density at radius 3 is 2.42 bits per heavy atom. The monoisotopic (exact) mass is 320 g/mol. The van der Waals surface area contributed by atoms with Crippen LogP contribution in [-0.2, 0) is 5.41 Å². The van der Waals surface area contributed by atoms with E-state index in [0.29, 0.717) is 11.2 Å². The number of nitrogens with one attached hydrogen (secondary N) is 1. The van der Waals surface area contributed by atoms with Crippen molar-refractivity contribution in [2.45, 2.75) is 26.2 Å². The molecule has 0 unspecified atom stereocenters. The van der Waals surface area contributed by atoms with Crippen LogP contribution in [0, 0.1) is 0 Å². The van der Waals surface area contributed by atoms with Gasteiger partial charge in [-0.15, -0.1) is 0 Å². The van der Waals surface area contributed by atoms with E-state index in [0.717, 1.165) is 5.39 Å². The van der Waals surface area contributed by atoms with Gasteiger partial charge in [-0.3, -0.25) is 9.78 Å². The number of pyridine rings is 1. The zero-order valence-corrected chi connectivity index (χ0v) is 14.0. The van der Waals surface area contributed by atoms with Crippen molar-refractivity contribution in [3.63, 3.8) is 0 Å². The van der Waals surface area contributed by atoms with Gasteiger partial charge in [-0.1, -0.05) is 45.0 Å². The van der Waals surface area contributed by atoms with Crippen molar-refractivity contribution < 1.29 is 9.90 Å². The zero-order valence-electron chi connectivity index (χ0n) is 14.0. The van der Waals surface area contributed by atoms with Crippen LogP contribution < -0.4 is 5.32 Å². The summed E-state index contributed by atoms with van der Waals surface area (Å²) in [5, 5.41) is 13.9. The van der Waals surface area contributed by atoms with E-state index in [9.17, 15) is 9.90 Å². The first kappa shape index (κ1) is 16.0. The summed E-state index contributed by atoms with van der Waals surface area (Å²) in [5.41, 5.74) is 2.58. The van der Waals surface area contributed by atoms with Crippen molar-refractivity contribution in [1.82, 2.24) is 4.98 Å². The molecule has 0 spiro atoms. The zero-order chi connectivity index (χ0) is 17.3. The maximum atomic E-state index is 12.5. The van der Waals surface area contributed by atoms with E-state index in [1.54, 1.807) is 24.4 Å². The first-order valence-electron chi connectivity index (χ1n) is 7.85. The number of amides is 1. The van der Waals surface area contributed by atoms with Crippen LogP contribution in [0.4, 0.5) is 5.69 Å². The molecule has 4 heteroatoms. The molecule has 0 saturated heterocycles. The number of carbonyl (C=O) groups excluding carboxylic acids is 1. The summed E-state index contributed by atoms with van der Waals surface area (Å²) < 4.78 is 0. The molecular formula is C20H20N2O2. The average Bonchev–Trinajstić information content (AvgIpc) is 2.55. The van der Waals surface area contributed by atoms with Crippen LogP contribution in [0.25, 0.3) is 10.9 Å². The second-order valence-corrected chi connectivity index (χ2v) is 6.82. The largest absolute Gasteiger partial charge is 0.505 e. The Morgan fingerprint density at radius 2 is 1.75 bits per heavy atom. The molecule has 0 saturated carbocycles.